The summed E-state index contributed by atoms with van der Waals surface area (Å²) in [6.45, 7) is 2.19. The number of nitrogens with zero attached hydrogens (tertiary/aromatic N) is 1. The topological polar surface area (TPSA) is 12.4 Å². The molecule has 1 aliphatic heterocycles. The summed E-state index contributed by atoms with van der Waals surface area (Å²) in [4.78, 5) is 5.26. The summed E-state index contributed by atoms with van der Waals surface area (Å²) in [6, 6.07) is 61.8. The Bertz CT molecular complexity index is 2450. The van der Waals surface area contributed by atoms with Crippen LogP contribution in [0.5, 0.6) is 0 Å². The first-order chi connectivity index (χ1) is 23.7. The summed E-state index contributed by atoms with van der Waals surface area (Å²) in [5, 5.41) is 7.23. The molecular formula is C47H33N. The second-order valence-electron chi connectivity index (χ2n) is 12.9. The smallest absolute Gasteiger partial charge is 0.0667 e. The zero-order chi connectivity index (χ0) is 32.0. The third-order valence-electron chi connectivity index (χ3n) is 10.1. The van der Waals surface area contributed by atoms with Crippen molar-refractivity contribution in [2.75, 3.05) is 0 Å². The van der Waals surface area contributed by atoms with Crippen LogP contribution in [0.25, 0.3) is 65.7 Å². The molecule has 1 atom stereocenters. The van der Waals surface area contributed by atoms with Crippen molar-refractivity contribution in [3.05, 3.63) is 175 Å². The van der Waals surface area contributed by atoms with Gasteiger partial charge in [-0.15, -0.1) is 0 Å². The Labute approximate surface area is 281 Å². The first kappa shape index (κ1) is 28.3. The maximum atomic E-state index is 5.26. The number of aryl methyl sites for hydroxylation is 1. The molecule has 0 aliphatic carbocycles. The average molecular weight is 612 g/mol. The van der Waals surface area contributed by atoms with Gasteiger partial charge in [0.05, 0.1) is 5.69 Å². The lowest BCUT2D eigenvalue weighted by Gasteiger charge is -2.17. The molecule has 1 aliphatic rings. The molecule has 0 N–H and O–H groups in total. The third kappa shape index (κ3) is 4.86. The van der Waals surface area contributed by atoms with Gasteiger partial charge in [-0.2, -0.15) is 0 Å². The van der Waals surface area contributed by atoms with Gasteiger partial charge in [0.25, 0.3) is 0 Å². The van der Waals surface area contributed by atoms with Gasteiger partial charge < -0.3 is 0 Å². The van der Waals surface area contributed by atoms with Gasteiger partial charge in [0.1, 0.15) is 0 Å². The molecule has 0 saturated carbocycles. The largest absolute Gasteiger partial charge is 0.257 e. The molecule has 48 heavy (non-hydrogen) atoms. The van der Waals surface area contributed by atoms with Crippen LogP contribution in [0.3, 0.4) is 0 Å². The molecule has 1 nitrogen and oxygen atoms in total. The Kier molecular flexibility index (Phi) is 6.88. The monoisotopic (exact) mass is 611 g/mol. The zero-order valence-electron chi connectivity index (χ0n) is 26.9. The summed E-state index contributed by atoms with van der Waals surface area (Å²) in [7, 11) is 0. The van der Waals surface area contributed by atoms with Crippen molar-refractivity contribution in [2.45, 2.75) is 25.7 Å². The number of hydrogen-bond acceptors (Lipinski definition) is 1. The van der Waals surface area contributed by atoms with E-state index in [1.165, 1.54) is 77.2 Å². The third-order valence-corrected chi connectivity index (χ3v) is 10.1. The Hall–Kier alpha value is -5.97. The van der Waals surface area contributed by atoms with Gasteiger partial charge in [-0.3, -0.25) is 4.99 Å². The van der Waals surface area contributed by atoms with Gasteiger partial charge in [-0.1, -0.05) is 140 Å². The zero-order valence-corrected chi connectivity index (χ0v) is 26.9. The predicted octanol–water partition coefficient (Wildman–Crippen LogP) is 12.6. The summed E-state index contributed by atoms with van der Waals surface area (Å²) in [6.07, 6.45) is 2.07. The highest BCUT2D eigenvalue weighted by Crippen LogP contribution is 2.45. The fourth-order valence-corrected chi connectivity index (χ4v) is 7.71. The first-order valence-electron chi connectivity index (χ1n) is 16.8. The van der Waals surface area contributed by atoms with E-state index in [2.05, 4.69) is 165 Å². The lowest BCUT2D eigenvalue weighted by Crippen LogP contribution is -2.08. The molecule has 0 spiro atoms. The maximum Gasteiger partial charge on any atom is 0.0667 e. The van der Waals surface area contributed by atoms with E-state index in [1.54, 1.807) is 0 Å². The molecule has 1 heteroatoms. The molecule has 0 saturated heterocycles. The van der Waals surface area contributed by atoms with Crippen LogP contribution in [0.4, 0.5) is 5.69 Å². The van der Waals surface area contributed by atoms with Crippen molar-refractivity contribution in [3.63, 3.8) is 0 Å². The highest BCUT2D eigenvalue weighted by molar-refractivity contribution is 6.21. The van der Waals surface area contributed by atoms with E-state index in [1.807, 2.05) is 6.07 Å². The Morgan fingerprint density at radius 1 is 0.562 bits per heavy atom. The molecular weight excluding hydrogens is 579 g/mol. The summed E-state index contributed by atoms with van der Waals surface area (Å²) in [5.74, 6) is 0.332. The summed E-state index contributed by atoms with van der Waals surface area (Å²) in [5.41, 5.74) is 12.1. The van der Waals surface area contributed by atoms with Crippen molar-refractivity contribution < 1.29 is 0 Å². The number of benzene rings is 7. The van der Waals surface area contributed by atoms with E-state index in [-0.39, 0.29) is 0 Å². The normalized spacial score (nSPS) is 14.4. The predicted molar refractivity (Wildman–Crippen MR) is 203 cm³/mol. The minimum atomic E-state index is 0.332. The van der Waals surface area contributed by atoms with E-state index in [0.29, 0.717) is 5.92 Å². The Morgan fingerprint density at radius 2 is 1.25 bits per heavy atom. The van der Waals surface area contributed by atoms with E-state index in [4.69, 9.17) is 4.99 Å². The summed E-state index contributed by atoms with van der Waals surface area (Å²) >= 11 is 0. The van der Waals surface area contributed by atoms with Crippen molar-refractivity contribution in [2.24, 2.45) is 4.99 Å². The van der Waals surface area contributed by atoms with Crippen LogP contribution >= 0.6 is 0 Å². The minimum Gasteiger partial charge on any atom is -0.257 e. The van der Waals surface area contributed by atoms with Gasteiger partial charge in [0, 0.05) is 22.6 Å². The molecule has 8 aromatic carbocycles. The molecule has 0 radical (unpaired) electrons. The fourth-order valence-electron chi connectivity index (χ4n) is 7.71. The van der Waals surface area contributed by atoms with Crippen LogP contribution in [0.1, 0.15) is 30.4 Å². The standard InChI is InChI=1S/C47H33N/c1-31-40(34-12-3-2-4-13-34)28-27-35-22-26-39(30-45(35)48-31)47-43-17-9-7-15-41(43)46(42-16-8-10-18-44(42)47)36-23-19-33(20-24-36)38-25-21-32-11-5-6-14-37(32)29-38/h2-9,11-17,19-26,29-30,40H,27-28H2,1H3/t40-/m1/s1. The number of fused-ring (bicyclic) bond motifs is 4. The molecule has 0 fully saturated rings. The van der Waals surface area contributed by atoms with Crippen LogP contribution in [0.15, 0.2) is 157 Å². The van der Waals surface area contributed by atoms with Crippen molar-refractivity contribution in [1.29, 1.82) is 0 Å². The molecule has 1 heterocycles. The lowest BCUT2D eigenvalue weighted by atomic mass is 9.85. The molecule has 0 amide bonds. The Morgan fingerprint density at radius 3 is 2.08 bits per heavy atom. The minimum absolute atomic E-state index is 0.332. The Balaban J connectivity index is 1.17. The number of rotatable bonds is 4. The van der Waals surface area contributed by atoms with E-state index in [0.717, 1.165) is 23.9 Å². The second-order valence-corrected chi connectivity index (χ2v) is 12.9. The fraction of sp³-hybridized carbons (Fsp3) is 0.0851. The van der Waals surface area contributed by atoms with Gasteiger partial charge in [-0.05, 0) is 110 Å². The van der Waals surface area contributed by atoms with Gasteiger partial charge in [0.2, 0.25) is 0 Å². The highest BCUT2D eigenvalue weighted by Gasteiger charge is 2.22. The second kappa shape index (κ2) is 11.7. The van der Waals surface area contributed by atoms with Crippen molar-refractivity contribution >= 4 is 43.7 Å². The lowest BCUT2D eigenvalue weighted by molar-refractivity contribution is 0.773. The van der Waals surface area contributed by atoms with Crippen LogP contribution < -0.4 is 0 Å². The van der Waals surface area contributed by atoms with Crippen LogP contribution in [-0.4, -0.2) is 5.71 Å². The SMILES string of the molecule is CC1=Nc2cc(-c3c4c#cccc4c(-c4ccc(-c5ccc6ccccc6c5)cc4)c4ccccc34)ccc2CC[C@H]1c1ccccc1. The van der Waals surface area contributed by atoms with E-state index < -0.39 is 0 Å². The first-order valence-corrected chi connectivity index (χ1v) is 16.8. The molecule has 0 unspecified atom stereocenters. The average Bonchev–Trinajstić information content (AvgIpc) is 3.31. The molecule has 0 aromatic heterocycles. The highest BCUT2D eigenvalue weighted by atomic mass is 14.8. The van der Waals surface area contributed by atoms with Gasteiger partial charge in [-0.25, -0.2) is 0 Å². The van der Waals surface area contributed by atoms with Crippen LogP contribution in [0, 0.1) is 12.1 Å². The van der Waals surface area contributed by atoms with Crippen LogP contribution in [-0.2, 0) is 6.42 Å². The molecule has 0 bridgehead atoms. The van der Waals surface area contributed by atoms with Crippen molar-refractivity contribution in [3.8, 4) is 33.4 Å². The van der Waals surface area contributed by atoms with Gasteiger partial charge >= 0.3 is 0 Å². The quantitative estimate of drug-likeness (QED) is 0.188. The summed E-state index contributed by atoms with van der Waals surface area (Å²) < 4.78 is 0. The number of aliphatic imine (C=N–C) groups is 1. The maximum absolute atomic E-state index is 5.26. The molecule has 226 valence electrons. The molecule has 8 aromatic rings. The molecule has 9 rings (SSSR count). The van der Waals surface area contributed by atoms with E-state index >= 15 is 0 Å². The van der Waals surface area contributed by atoms with Crippen LogP contribution in [0.2, 0.25) is 0 Å². The van der Waals surface area contributed by atoms with Crippen molar-refractivity contribution in [1.82, 2.24) is 0 Å². The van der Waals surface area contributed by atoms with E-state index in [9.17, 15) is 0 Å². The number of hydrogen-bond donors (Lipinski definition) is 0. The van der Waals surface area contributed by atoms with Gasteiger partial charge in [0.15, 0.2) is 0 Å².